The number of nitrogens with two attached hydrogens (primary N) is 1. The van der Waals surface area contributed by atoms with Crippen LogP contribution in [0.2, 0.25) is 0 Å². The average Bonchev–Trinajstić information content (AvgIpc) is 2.89. The maximum atomic E-state index is 13.0. The molecule has 1 unspecified atom stereocenters. The molecule has 1 aliphatic rings. The summed E-state index contributed by atoms with van der Waals surface area (Å²) < 4.78 is 39.1. The number of nitrogens with one attached hydrogen (secondary N) is 1. The largest absolute Gasteiger partial charge is 0.418 e. The van der Waals surface area contributed by atoms with Crippen LogP contribution in [-0.2, 0) is 6.18 Å². The quantitative estimate of drug-likeness (QED) is 0.844. The molecule has 1 atom stereocenters. The zero-order valence-corrected chi connectivity index (χ0v) is 10.5. The highest BCUT2D eigenvalue weighted by Crippen LogP contribution is 2.36. The van der Waals surface area contributed by atoms with Crippen LogP contribution in [0.4, 0.5) is 19.1 Å². The fourth-order valence-corrected chi connectivity index (χ4v) is 2.61. The summed E-state index contributed by atoms with van der Waals surface area (Å²) in [4.78, 5) is 7.94. The Bertz CT molecular complexity index is 648. The number of nitrogen functional groups attached to an aromatic ring is 1. The molecule has 0 spiro atoms. The third-order valence-corrected chi connectivity index (χ3v) is 3.47. The molecule has 3 N–H and O–H groups in total. The predicted octanol–water partition coefficient (Wildman–Crippen LogP) is 2.66. The van der Waals surface area contributed by atoms with Gasteiger partial charge in [0.15, 0.2) is 0 Å². The number of para-hydroxylation sites is 1. The topological polar surface area (TPSA) is 63.8 Å². The van der Waals surface area contributed by atoms with Crippen molar-refractivity contribution < 1.29 is 13.2 Å². The zero-order chi connectivity index (χ0) is 14.3. The fourth-order valence-electron chi connectivity index (χ4n) is 2.61. The Kier molecular flexibility index (Phi) is 3.01. The van der Waals surface area contributed by atoms with Crippen molar-refractivity contribution in [1.82, 2.24) is 15.3 Å². The van der Waals surface area contributed by atoms with E-state index in [2.05, 4.69) is 15.3 Å². The highest BCUT2D eigenvalue weighted by molar-refractivity contribution is 5.85. The van der Waals surface area contributed by atoms with E-state index in [-0.39, 0.29) is 17.5 Å². The Balaban J connectivity index is 2.27. The van der Waals surface area contributed by atoms with Crippen LogP contribution in [0.1, 0.15) is 30.1 Å². The van der Waals surface area contributed by atoms with Crippen molar-refractivity contribution >= 4 is 16.9 Å². The number of nitrogens with zero attached hydrogens (tertiary/aromatic N) is 2. The molecule has 7 heteroatoms. The molecule has 1 fully saturated rings. The Morgan fingerprint density at radius 3 is 2.70 bits per heavy atom. The van der Waals surface area contributed by atoms with Crippen molar-refractivity contribution in [3.63, 3.8) is 0 Å². The van der Waals surface area contributed by atoms with Gasteiger partial charge in [-0.2, -0.15) is 13.2 Å². The van der Waals surface area contributed by atoms with Crippen LogP contribution >= 0.6 is 0 Å². The van der Waals surface area contributed by atoms with Gasteiger partial charge in [0, 0.05) is 5.39 Å². The summed E-state index contributed by atoms with van der Waals surface area (Å²) in [5.74, 6) is -0.127. The maximum Gasteiger partial charge on any atom is 0.418 e. The van der Waals surface area contributed by atoms with Gasteiger partial charge in [0.1, 0.15) is 0 Å². The van der Waals surface area contributed by atoms with Crippen molar-refractivity contribution in [2.24, 2.45) is 0 Å². The highest BCUT2D eigenvalue weighted by atomic mass is 19.4. The number of hydrogen-bond donors (Lipinski definition) is 2. The molecule has 106 valence electrons. The van der Waals surface area contributed by atoms with Crippen LogP contribution in [-0.4, -0.2) is 16.5 Å². The van der Waals surface area contributed by atoms with Crippen LogP contribution in [0, 0.1) is 0 Å². The normalized spacial score (nSPS) is 19.6. The number of rotatable bonds is 1. The first-order valence-electron chi connectivity index (χ1n) is 6.33. The fraction of sp³-hybridized carbons (Fsp3) is 0.385. The second-order valence-electron chi connectivity index (χ2n) is 4.82. The van der Waals surface area contributed by atoms with Gasteiger partial charge in [-0.15, -0.1) is 0 Å². The summed E-state index contributed by atoms with van der Waals surface area (Å²) >= 11 is 0. The van der Waals surface area contributed by atoms with E-state index in [1.807, 2.05) is 0 Å². The lowest BCUT2D eigenvalue weighted by Gasteiger charge is -2.15. The molecule has 3 rings (SSSR count). The minimum Gasteiger partial charge on any atom is -0.368 e. The summed E-state index contributed by atoms with van der Waals surface area (Å²) in [7, 11) is 0. The van der Waals surface area contributed by atoms with Crippen LogP contribution in [0.3, 0.4) is 0 Å². The molecule has 1 saturated heterocycles. The molecule has 0 radical (unpaired) electrons. The molecule has 4 nitrogen and oxygen atoms in total. The summed E-state index contributed by atoms with van der Waals surface area (Å²) in [6, 6.07) is 3.94. The van der Waals surface area contributed by atoms with Gasteiger partial charge in [-0.05, 0) is 25.5 Å². The first-order chi connectivity index (χ1) is 9.47. The van der Waals surface area contributed by atoms with Gasteiger partial charge in [0.2, 0.25) is 5.95 Å². The Morgan fingerprint density at radius 1 is 1.25 bits per heavy atom. The Morgan fingerprint density at radius 2 is 2.05 bits per heavy atom. The van der Waals surface area contributed by atoms with E-state index in [1.165, 1.54) is 6.07 Å². The molecular weight excluding hydrogens is 269 g/mol. The lowest BCUT2D eigenvalue weighted by atomic mass is 10.0. The molecule has 2 heterocycles. The van der Waals surface area contributed by atoms with Crippen molar-refractivity contribution in [3.05, 3.63) is 29.5 Å². The summed E-state index contributed by atoms with van der Waals surface area (Å²) in [6.07, 6.45) is -2.66. The van der Waals surface area contributed by atoms with Gasteiger partial charge in [0.05, 0.1) is 22.8 Å². The third-order valence-electron chi connectivity index (χ3n) is 3.47. The van der Waals surface area contributed by atoms with Gasteiger partial charge in [-0.1, -0.05) is 12.1 Å². The SMILES string of the molecule is Nc1nc(C2CCCN2)c2cccc(C(F)(F)F)c2n1. The molecule has 2 aromatic rings. The van der Waals surface area contributed by atoms with Crippen molar-refractivity contribution in [2.75, 3.05) is 12.3 Å². The van der Waals surface area contributed by atoms with Crippen molar-refractivity contribution in [1.29, 1.82) is 0 Å². The molecular formula is C13H13F3N4. The second kappa shape index (κ2) is 4.59. The standard InChI is InChI=1S/C13H13F3N4/c14-13(15,16)8-4-1-3-7-10(8)19-12(17)20-11(7)9-5-2-6-18-9/h1,3-4,9,18H,2,5-6H2,(H2,17,19,20). The van der Waals surface area contributed by atoms with Gasteiger partial charge in [-0.25, -0.2) is 9.97 Å². The first kappa shape index (κ1) is 13.1. The molecule has 0 amide bonds. The van der Waals surface area contributed by atoms with E-state index in [1.54, 1.807) is 6.07 Å². The highest BCUT2D eigenvalue weighted by Gasteiger charge is 2.34. The first-order valence-corrected chi connectivity index (χ1v) is 6.33. The van der Waals surface area contributed by atoms with Crippen molar-refractivity contribution in [2.45, 2.75) is 25.1 Å². The monoisotopic (exact) mass is 282 g/mol. The van der Waals surface area contributed by atoms with Crippen LogP contribution in [0.25, 0.3) is 10.9 Å². The number of aromatic nitrogens is 2. The Labute approximate surface area is 113 Å². The van der Waals surface area contributed by atoms with Gasteiger partial charge in [-0.3, -0.25) is 0 Å². The van der Waals surface area contributed by atoms with E-state index >= 15 is 0 Å². The Hall–Kier alpha value is -1.89. The average molecular weight is 282 g/mol. The number of alkyl halides is 3. The minimum absolute atomic E-state index is 0.0636. The minimum atomic E-state index is -4.46. The van der Waals surface area contributed by atoms with E-state index in [0.717, 1.165) is 25.5 Å². The van der Waals surface area contributed by atoms with Crippen LogP contribution in [0.15, 0.2) is 18.2 Å². The molecule has 0 aliphatic carbocycles. The second-order valence-corrected chi connectivity index (χ2v) is 4.82. The molecule has 1 aliphatic heterocycles. The van der Waals surface area contributed by atoms with Crippen molar-refractivity contribution in [3.8, 4) is 0 Å². The van der Waals surface area contributed by atoms with E-state index in [9.17, 15) is 13.2 Å². The smallest absolute Gasteiger partial charge is 0.368 e. The number of benzene rings is 1. The van der Waals surface area contributed by atoms with Crippen LogP contribution < -0.4 is 11.1 Å². The van der Waals surface area contributed by atoms with E-state index in [0.29, 0.717) is 11.1 Å². The third kappa shape index (κ3) is 2.18. The van der Waals surface area contributed by atoms with E-state index in [4.69, 9.17) is 5.73 Å². The summed E-state index contributed by atoms with van der Waals surface area (Å²) in [5.41, 5.74) is 5.24. The van der Waals surface area contributed by atoms with Crippen LogP contribution in [0.5, 0.6) is 0 Å². The summed E-state index contributed by atoms with van der Waals surface area (Å²) in [6.45, 7) is 0.828. The molecule has 1 aromatic carbocycles. The predicted molar refractivity (Wildman–Crippen MR) is 68.9 cm³/mol. The number of fused-ring (bicyclic) bond motifs is 1. The summed E-state index contributed by atoms with van der Waals surface area (Å²) in [5, 5.41) is 3.63. The lowest BCUT2D eigenvalue weighted by Crippen LogP contribution is -2.17. The number of hydrogen-bond acceptors (Lipinski definition) is 4. The molecule has 0 bridgehead atoms. The molecule has 20 heavy (non-hydrogen) atoms. The maximum absolute atomic E-state index is 13.0. The van der Waals surface area contributed by atoms with Gasteiger partial charge in [0.25, 0.3) is 0 Å². The lowest BCUT2D eigenvalue weighted by molar-refractivity contribution is -0.136. The van der Waals surface area contributed by atoms with Gasteiger partial charge < -0.3 is 11.1 Å². The van der Waals surface area contributed by atoms with E-state index < -0.39 is 11.7 Å². The molecule has 0 saturated carbocycles. The zero-order valence-electron chi connectivity index (χ0n) is 10.5. The number of halogens is 3. The van der Waals surface area contributed by atoms with Gasteiger partial charge >= 0.3 is 6.18 Å². The molecule has 1 aromatic heterocycles. The number of anilines is 1.